The van der Waals surface area contributed by atoms with Gasteiger partial charge in [0.05, 0.1) is 16.7 Å². The number of aryl methyl sites for hydroxylation is 1. The zero-order valence-electron chi connectivity index (χ0n) is 12.2. The van der Waals surface area contributed by atoms with Gasteiger partial charge in [-0.05, 0) is 30.5 Å². The zero-order valence-corrected chi connectivity index (χ0v) is 13.8. The molecule has 23 heavy (non-hydrogen) atoms. The molecule has 0 saturated heterocycles. The second-order valence-electron chi connectivity index (χ2n) is 5.50. The van der Waals surface area contributed by atoms with Gasteiger partial charge in [0.25, 0.3) is 0 Å². The van der Waals surface area contributed by atoms with Crippen LogP contribution in [0.25, 0.3) is 0 Å². The molecule has 0 unspecified atom stereocenters. The Labute approximate surface area is 139 Å². The van der Waals surface area contributed by atoms with Crippen molar-refractivity contribution in [1.82, 2.24) is 14.3 Å². The molecule has 1 N–H and O–H groups in total. The summed E-state index contributed by atoms with van der Waals surface area (Å²) < 4.78 is 29.5. The van der Waals surface area contributed by atoms with Crippen molar-refractivity contribution in [3.05, 3.63) is 47.0 Å². The van der Waals surface area contributed by atoms with Crippen LogP contribution >= 0.6 is 11.6 Å². The largest absolute Gasteiger partial charge is 0.335 e. The van der Waals surface area contributed by atoms with Gasteiger partial charge in [-0.15, -0.1) is 0 Å². The summed E-state index contributed by atoms with van der Waals surface area (Å²) in [5.74, 6) is 1.19. The van der Waals surface area contributed by atoms with E-state index in [1.807, 2.05) is 12.3 Å². The summed E-state index contributed by atoms with van der Waals surface area (Å²) in [4.78, 5) is 4.27. The van der Waals surface area contributed by atoms with Crippen LogP contribution < -0.4 is 4.72 Å². The predicted octanol–water partition coefficient (Wildman–Crippen LogP) is 1.95. The lowest BCUT2D eigenvalue weighted by atomic mass is 9.98. The highest BCUT2D eigenvalue weighted by atomic mass is 35.5. The average molecular weight is 351 g/mol. The fraction of sp³-hybridized carbons (Fsp3) is 0.333. The lowest BCUT2D eigenvalue weighted by molar-refractivity contribution is 0.379. The molecule has 0 saturated carbocycles. The van der Waals surface area contributed by atoms with Crippen LogP contribution in [-0.2, 0) is 23.0 Å². The van der Waals surface area contributed by atoms with Gasteiger partial charge >= 0.3 is 0 Å². The van der Waals surface area contributed by atoms with Crippen molar-refractivity contribution in [2.24, 2.45) is 5.92 Å². The Hall–Kier alpha value is -1.88. The summed E-state index contributed by atoms with van der Waals surface area (Å²) in [6.45, 7) is 1.19. The molecule has 0 aliphatic carbocycles. The normalized spacial score (nSPS) is 17.5. The molecule has 1 atom stereocenters. The van der Waals surface area contributed by atoms with Crippen molar-refractivity contribution in [2.45, 2.75) is 24.3 Å². The van der Waals surface area contributed by atoms with Gasteiger partial charge in [0.1, 0.15) is 10.7 Å². The maximum Gasteiger partial charge on any atom is 0.242 e. The molecule has 2 aromatic rings. The minimum absolute atomic E-state index is 0.00419. The number of nitrogens with one attached hydrogen (secondary N) is 1. The molecule has 1 aromatic heterocycles. The van der Waals surface area contributed by atoms with Crippen molar-refractivity contribution in [3.63, 3.8) is 0 Å². The summed E-state index contributed by atoms with van der Waals surface area (Å²) in [5.41, 5.74) is 0.327. The SMILES string of the molecule is N#Cc1ccc(S(=O)(=O)NC[C@H]2CCn3ccnc3C2)c(Cl)c1. The van der Waals surface area contributed by atoms with Gasteiger partial charge in [0.15, 0.2) is 0 Å². The van der Waals surface area contributed by atoms with E-state index in [4.69, 9.17) is 16.9 Å². The highest BCUT2D eigenvalue weighted by Crippen LogP contribution is 2.23. The van der Waals surface area contributed by atoms with Gasteiger partial charge in [-0.2, -0.15) is 5.26 Å². The maximum atomic E-state index is 12.4. The standard InChI is InChI=1S/C15H15ClN4O2S/c16-13-7-11(9-17)1-2-14(13)23(21,22)19-10-12-3-5-20-6-4-18-15(20)8-12/h1-2,4,6-7,12,19H,3,5,8,10H2/t12-/m0/s1. The molecule has 1 aliphatic rings. The predicted molar refractivity (Wildman–Crippen MR) is 85.4 cm³/mol. The molecule has 8 heteroatoms. The van der Waals surface area contributed by atoms with E-state index in [-0.39, 0.29) is 15.8 Å². The molecule has 1 aliphatic heterocycles. The fourth-order valence-electron chi connectivity index (χ4n) is 2.68. The average Bonchev–Trinajstić information content (AvgIpc) is 3.00. The molecule has 3 rings (SSSR count). The first-order valence-corrected chi connectivity index (χ1v) is 9.05. The molecule has 120 valence electrons. The van der Waals surface area contributed by atoms with Gasteiger partial charge in [-0.25, -0.2) is 18.1 Å². The van der Waals surface area contributed by atoms with Gasteiger partial charge in [0, 0.05) is 31.9 Å². The van der Waals surface area contributed by atoms with Gasteiger partial charge in [-0.1, -0.05) is 11.6 Å². The van der Waals surface area contributed by atoms with Crippen molar-refractivity contribution in [1.29, 1.82) is 5.26 Å². The van der Waals surface area contributed by atoms with Gasteiger partial charge in [0.2, 0.25) is 10.0 Å². The Morgan fingerprint density at radius 3 is 3.04 bits per heavy atom. The summed E-state index contributed by atoms with van der Waals surface area (Å²) in [7, 11) is -3.70. The molecule has 2 heterocycles. The van der Waals surface area contributed by atoms with Gasteiger partial charge in [-0.3, -0.25) is 0 Å². The smallest absolute Gasteiger partial charge is 0.242 e. The van der Waals surface area contributed by atoms with Crippen LogP contribution in [0, 0.1) is 17.2 Å². The number of benzene rings is 1. The molecule has 0 amide bonds. The first-order chi connectivity index (χ1) is 11.0. The number of nitrogens with zero attached hydrogens (tertiary/aromatic N) is 3. The fourth-order valence-corrected chi connectivity index (χ4v) is 4.34. The Morgan fingerprint density at radius 2 is 2.30 bits per heavy atom. The molecule has 0 bridgehead atoms. The minimum atomic E-state index is -3.70. The number of halogens is 1. The molecule has 6 nitrogen and oxygen atoms in total. The third-order valence-corrected chi connectivity index (χ3v) is 5.87. The van der Waals surface area contributed by atoms with Crippen molar-refractivity contribution < 1.29 is 8.42 Å². The number of imidazole rings is 1. The molecule has 1 aromatic carbocycles. The van der Waals surface area contributed by atoms with Crippen LogP contribution in [0.5, 0.6) is 0 Å². The van der Waals surface area contributed by atoms with E-state index in [2.05, 4.69) is 14.3 Å². The Morgan fingerprint density at radius 1 is 1.48 bits per heavy atom. The van der Waals surface area contributed by atoms with E-state index in [0.29, 0.717) is 12.1 Å². The third-order valence-electron chi connectivity index (χ3n) is 3.96. The van der Waals surface area contributed by atoms with E-state index < -0.39 is 10.0 Å². The topological polar surface area (TPSA) is 87.8 Å². The summed E-state index contributed by atoms with van der Waals surface area (Å²) in [6.07, 6.45) is 5.34. The van der Waals surface area contributed by atoms with Gasteiger partial charge < -0.3 is 4.57 Å². The number of aromatic nitrogens is 2. The van der Waals surface area contributed by atoms with Crippen LogP contribution in [-0.4, -0.2) is 24.5 Å². The molecular formula is C15H15ClN4O2S. The lowest BCUT2D eigenvalue weighted by Gasteiger charge is -2.23. The highest BCUT2D eigenvalue weighted by Gasteiger charge is 2.23. The van der Waals surface area contributed by atoms with E-state index in [9.17, 15) is 8.42 Å². The number of nitriles is 1. The second kappa shape index (κ2) is 6.32. The maximum absolute atomic E-state index is 12.4. The van der Waals surface area contributed by atoms with Crippen molar-refractivity contribution in [3.8, 4) is 6.07 Å². The molecule has 0 radical (unpaired) electrons. The number of fused-ring (bicyclic) bond motifs is 1. The molecule has 0 spiro atoms. The quantitative estimate of drug-likeness (QED) is 0.912. The second-order valence-corrected chi connectivity index (χ2v) is 7.65. The summed E-state index contributed by atoms with van der Waals surface area (Å²) >= 11 is 5.98. The highest BCUT2D eigenvalue weighted by molar-refractivity contribution is 7.89. The minimum Gasteiger partial charge on any atom is -0.335 e. The third kappa shape index (κ3) is 3.39. The lowest BCUT2D eigenvalue weighted by Crippen LogP contribution is -2.33. The van der Waals surface area contributed by atoms with Crippen LogP contribution in [0.2, 0.25) is 5.02 Å². The van der Waals surface area contributed by atoms with Crippen LogP contribution in [0.1, 0.15) is 17.8 Å². The number of hydrogen-bond acceptors (Lipinski definition) is 4. The Bertz CT molecular complexity index is 870. The zero-order chi connectivity index (χ0) is 16.4. The van der Waals surface area contributed by atoms with E-state index in [1.165, 1.54) is 18.2 Å². The summed E-state index contributed by atoms with van der Waals surface area (Å²) in [5, 5.41) is 8.86. The van der Waals surface area contributed by atoms with Crippen LogP contribution in [0.3, 0.4) is 0 Å². The first kappa shape index (κ1) is 16.0. The Balaban J connectivity index is 1.69. The number of rotatable bonds is 4. The van der Waals surface area contributed by atoms with E-state index in [1.54, 1.807) is 6.20 Å². The monoisotopic (exact) mass is 350 g/mol. The van der Waals surface area contributed by atoms with E-state index >= 15 is 0 Å². The van der Waals surface area contributed by atoms with E-state index in [0.717, 1.165) is 25.2 Å². The number of sulfonamides is 1. The van der Waals surface area contributed by atoms with Crippen molar-refractivity contribution >= 4 is 21.6 Å². The van der Waals surface area contributed by atoms with Crippen LogP contribution in [0.15, 0.2) is 35.5 Å². The summed E-state index contributed by atoms with van der Waals surface area (Å²) in [6, 6.07) is 6.08. The molecular weight excluding hydrogens is 336 g/mol. The Kier molecular flexibility index (Phi) is 4.39. The first-order valence-electron chi connectivity index (χ1n) is 7.19. The van der Waals surface area contributed by atoms with Crippen LogP contribution in [0.4, 0.5) is 0 Å². The van der Waals surface area contributed by atoms with Crippen molar-refractivity contribution in [2.75, 3.05) is 6.54 Å². The molecule has 0 fully saturated rings. The number of hydrogen-bond donors (Lipinski definition) is 1.